The van der Waals surface area contributed by atoms with Crippen LogP contribution in [0.5, 0.6) is 5.75 Å². The zero-order valence-electron chi connectivity index (χ0n) is 9.34. The SMILES string of the molecule is Brc1cc2c(c(CN3CCCC3)c1)OCC2. The Balaban J connectivity index is 1.87. The zero-order valence-corrected chi connectivity index (χ0v) is 10.9. The molecule has 2 aliphatic heterocycles. The first-order valence-electron chi connectivity index (χ1n) is 5.99. The minimum atomic E-state index is 0.846. The van der Waals surface area contributed by atoms with Gasteiger partial charge in [-0.2, -0.15) is 0 Å². The van der Waals surface area contributed by atoms with E-state index in [2.05, 4.69) is 33.0 Å². The highest BCUT2D eigenvalue weighted by Gasteiger charge is 2.20. The van der Waals surface area contributed by atoms with Gasteiger partial charge in [-0.15, -0.1) is 0 Å². The number of likely N-dealkylation sites (tertiary alicyclic amines) is 1. The predicted molar refractivity (Wildman–Crippen MR) is 67.9 cm³/mol. The second-order valence-electron chi connectivity index (χ2n) is 4.63. The number of hydrogen-bond acceptors (Lipinski definition) is 2. The Kier molecular flexibility index (Phi) is 2.90. The maximum Gasteiger partial charge on any atom is 0.127 e. The van der Waals surface area contributed by atoms with E-state index in [1.165, 1.54) is 41.5 Å². The molecule has 0 unspecified atom stereocenters. The van der Waals surface area contributed by atoms with Gasteiger partial charge in [-0.05, 0) is 43.6 Å². The van der Waals surface area contributed by atoms with E-state index in [4.69, 9.17) is 4.74 Å². The first-order valence-corrected chi connectivity index (χ1v) is 6.79. The van der Waals surface area contributed by atoms with Crippen LogP contribution in [-0.4, -0.2) is 24.6 Å². The molecule has 3 rings (SSSR count). The Bertz CT molecular complexity index is 399. The second kappa shape index (κ2) is 4.38. The van der Waals surface area contributed by atoms with Gasteiger partial charge in [0.05, 0.1) is 6.61 Å². The van der Waals surface area contributed by atoms with Crippen LogP contribution in [0.15, 0.2) is 16.6 Å². The summed E-state index contributed by atoms with van der Waals surface area (Å²) in [6.45, 7) is 4.36. The van der Waals surface area contributed by atoms with Crippen LogP contribution in [0.2, 0.25) is 0 Å². The van der Waals surface area contributed by atoms with Crippen LogP contribution in [0.4, 0.5) is 0 Å². The van der Waals surface area contributed by atoms with E-state index < -0.39 is 0 Å². The molecule has 1 saturated heterocycles. The summed E-state index contributed by atoms with van der Waals surface area (Å²) in [5, 5.41) is 0. The van der Waals surface area contributed by atoms with Crippen LogP contribution in [0, 0.1) is 0 Å². The molecule has 0 saturated carbocycles. The van der Waals surface area contributed by atoms with E-state index in [0.29, 0.717) is 0 Å². The van der Waals surface area contributed by atoms with E-state index in [1.54, 1.807) is 0 Å². The lowest BCUT2D eigenvalue weighted by Gasteiger charge is -2.17. The van der Waals surface area contributed by atoms with Crippen molar-refractivity contribution in [1.29, 1.82) is 0 Å². The van der Waals surface area contributed by atoms with Crippen LogP contribution < -0.4 is 4.74 Å². The number of halogens is 1. The molecule has 0 aliphatic carbocycles. The van der Waals surface area contributed by atoms with Crippen molar-refractivity contribution in [2.24, 2.45) is 0 Å². The van der Waals surface area contributed by atoms with E-state index in [9.17, 15) is 0 Å². The van der Waals surface area contributed by atoms with Crippen molar-refractivity contribution in [3.05, 3.63) is 27.7 Å². The van der Waals surface area contributed by atoms with Crippen LogP contribution in [0.1, 0.15) is 24.0 Å². The number of benzene rings is 1. The molecule has 1 aromatic rings. The fourth-order valence-corrected chi connectivity index (χ4v) is 3.20. The van der Waals surface area contributed by atoms with E-state index in [0.717, 1.165) is 25.3 Å². The molecule has 0 spiro atoms. The average molecular weight is 282 g/mol. The van der Waals surface area contributed by atoms with Gasteiger partial charge >= 0.3 is 0 Å². The number of rotatable bonds is 2. The Hall–Kier alpha value is -0.540. The molecule has 2 heterocycles. The Morgan fingerprint density at radius 3 is 2.88 bits per heavy atom. The lowest BCUT2D eigenvalue weighted by Crippen LogP contribution is -2.18. The van der Waals surface area contributed by atoms with Gasteiger partial charge in [0, 0.05) is 23.0 Å². The molecule has 86 valence electrons. The van der Waals surface area contributed by atoms with Gasteiger partial charge in [-0.3, -0.25) is 4.90 Å². The molecule has 0 atom stereocenters. The summed E-state index contributed by atoms with van der Waals surface area (Å²) in [7, 11) is 0. The second-order valence-corrected chi connectivity index (χ2v) is 5.55. The smallest absolute Gasteiger partial charge is 0.127 e. The van der Waals surface area contributed by atoms with Gasteiger partial charge in [0.1, 0.15) is 5.75 Å². The molecule has 0 amide bonds. The molecule has 0 radical (unpaired) electrons. The third-order valence-electron chi connectivity index (χ3n) is 3.42. The normalized spacial score (nSPS) is 19.8. The number of ether oxygens (including phenoxy) is 1. The number of hydrogen-bond donors (Lipinski definition) is 0. The molecule has 0 aromatic heterocycles. The molecular weight excluding hydrogens is 266 g/mol. The summed E-state index contributed by atoms with van der Waals surface area (Å²) in [4.78, 5) is 2.52. The van der Waals surface area contributed by atoms with Crippen LogP contribution in [0.3, 0.4) is 0 Å². The summed E-state index contributed by atoms with van der Waals surface area (Å²) in [5.41, 5.74) is 2.72. The average Bonchev–Trinajstić information content (AvgIpc) is 2.87. The van der Waals surface area contributed by atoms with E-state index in [1.807, 2.05) is 0 Å². The topological polar surface area (TPSA) is 12.5 Å². The maximum atomic E-state index is 5.75. The van der Waals surface area contributed by atoms with Crippen molar-refractivity contribution < 1.29 is 4.74 Å². The molecule has 0 bridgehead atoms. The Morgan fingerprint density at radius 2 is 2.06 bits per heavy atom. The third-order valence-corrected chi connectivity index (χ3v) is 3.88. The summed E-state index contributed by atoms with van der Waals surface area (Å²) < 4.78 is 6.93. The van der Waals surface area contributed by atoms with Gasteiger partial charge in [-0.1, -0.05) is 15.9 Å². The van der Waals surface area contributed by atoms with Gasteiger partial charge in [0.15, 0.2) is 0 Å². The highest BCUT2D eigenvalue weighted by atomic mass is 79.9. The molecule has 1 aromatic carbocycles. The van der Waals surface area contributed by atoms with Crippen LogP contribution in [0.25, 0.3) is 0 Å². The molecule has 2 aliphatic rings. The Morgan fingerprint density at radius 1 is 1.25 bits per heavy atom. The molecular formula is C13H16BrNO. The van der Waals surface area contributed by atoms with Crippen LogP contribution in [-0.2, 0) is 13.0 Å². The molecule has 1 fully saturated rings. The summed E-state index contributed by atoms with van der Waals surface area (Å²) >= 11 is 3.59. The summed E-state index contributed by atoms with van der Waals surface area (Å²) in [6.07, 6.45) is 3.75. The zero-order chi connectivity index (χ0) is 11.0. The van der Waals surface area contributed by atoms with Crippen molar-refractivity contribution in [1.82, 2.24) is 4.90 Å². The third kappa shape index (κ3) is 1.98. The summed E-state index contributed by atoms with van der Waals surface area (Å²) in [5.74, 6) is 1.15. The van der Waals surface area contributed by atoms with Crippen molar-refractivity contribution in [2.45, 2.75) is 25.8 Å². The molecule has 3 heteroatoms. The van der Waals surface area contributed by atoms with E-state index >= 15 is 0 Å². The van der Waals surface area contributed by atoms with Crippen molar-refractivity contribution in [2.75, 3.05) is 19.7 Å². The molecule has 16 heavy (non-hydrogen) atoms. The quantitative estimate of drug-likeness (QED) is 0.827. The first kappa shape index (κ1) is 10.6. The van der Waals surface area contributed by atoms with Gasteiger partial charge in [-0.25, -0.2) is 0 Å². The highest BCUT2D eigenvalue weighted by molar-refractivity contribution is 9.10. The minimum absolute atomic E-state index is 0.846. The lowest BCUT2D eigenvalue weighted by atomic mass is 10.1. The standard InChI is InChI=1S/C13H16BrNO/c14-12-7-10-3-6-16-13(10)11(8-12)9-15-4-1-2-5-15/h7-8H,1-6,9H2. The molecule has 0 N–H and O–H groups in total. The van der Waals surface area contributed by atoms with Gasteiger partial charge in [0.2, 0.25) is 0 Å². The summed E-state index contributed by atoms with van der Waals surface area (Å²) in [6, 6.07) is 4.40. The van der Waals surface area contributed by atoms with Gasteiger partial charge < -0.3 is 4.74 Å². The van der Waals surface area contributed by atoms with Crippen molar-refractivity contribution >= 4 is 15.9 Å². The highest BCUT2D eigenvalue weighted by Crippen LogP contribution is 2.34. The molecule has 2 nitrogen and oxygen atoms in total. The first-order chi connectivity index (χ1) is 7.83. The van der Waals surface area contributed by atoms with Crippen molar-refractivity contribution in [3.63, 3.8) is 0 Å². The minimum Gasteiger partial charge on any atom is -0.493 e. The van der Waals surface area contributed by atoms with Gasteiger partial charge in [0.25, 0.3) is 0 Å². The number of nitrogens with zero attached hydrogens (tertiary/aromatic N) is 1. The predicted octanol–water partition coefficient (Wildman–Crippen LogP) is 2.98. The lowest BCUT2D eigenvalue weighted by molar-refractivity contribution is 0.313. The Labute approximate surface area is 105 Å². The number of fused-ring (bicyclic) bond motifs is 1. The van der Waals surface area contributed by atoms with Crippen LogP contribution >= 0.6 is 15.9 Å². The largest absolute Gasteiger partial charge is 0.493 e. The monoisotopic (exact) mass is 281 g/mol. The fraction of sp³-hybridized carbons (Fsp3) is 0.538. The van der Waals surface area contributed by atoms with Crippen molar-refractivity contribution in [3.8, 4) is 5.75 Å². The fourth-order valence-electron chi connectivity index (χ4n) is 2.65. The maximum absolute atomic E-state index is 5.75. The van der Waals surface area contributed by atoms with E-state index in [-0.39, 0.29) is 0 Å².